The maximum Gasteiger partial charge on any atom is 0.170 e. The van der Waals surface area contributed by atoms with Crippen LogP contribution in [0.5, 0.6) is 0 Å². The van der Waals surface area contributed by atoms with E-state index in [1.165, 1.54) is 5.56 Å². The van der Waals surface area contributed by atoms with E-state index >= 15 is 0 Å². The third-order valence-corrected chi connectivity index (χ3v) is 1.98. The molecule has 0 radical (unpaired) electrons. The summed E-state index contributed by atoms with van der Waals surface area (Å²) in [5.41, 5.74) is 7.41. The van der Waals surface area contributed by atoms with Gasteiger partial charge in [0.25, 0.3) is 0 Å². The molecule has 0 aliphatic carbocycles. The molecule has 0 atom stereocenters. The lowest BCUT2D eigenvalue weighted by Crippen LogP contribution is -2.12. The SMILES string of the molecule is CC(C)c1ccc(/C(N)=N/O)cc1.Cl. The number of rotatable bonds is 2. The molecule has 3 N–H and O–H groups in total. The fourth-order valence-corrected chi connectivity index (χ4v) is 1.10. The molecular weight excluding hydrogens is 200 g/mol. The minimum absolute atomic E-state index is 0. The number of hydrogen-bond donors (Lipinski definition) is 2. The quantitative estimate of drug-likeness (QED) is 0.344. The monoisotopic (exact) mass is 214 g/mol. The highest BCUT2D eigenvalue weighted by Gasteiger charge is 2.01. The van der Waals surface area contributed by atoms with Crippen LogP contribution in [0.15, 0.2) is 29.4 Å². The third kappa shape index (κ3) is 2.92. The second kappa shape index (κ2) is 5.50. The van der Waals surface area contributed by atoms with E-state index in [9.17, 15) is 0 Å². The van der Waals surface area contributed by atoms with E-state index in [4.69, 9.17) is 10.9 Å². The first-order valence-corrected chi connectivity index (χ1v) is 4.23. The standard InChI is InChI=1S/C10H14N2O.ClH/c1-7(2)8-3-5-9(6-4-8)10(11)12-13;/h3-7,13H,1-2H3,(H2,11,12);1H. The Balaban J connectivity index is 0.00000169. The van der Waals surface area contributed by atoms with Gasteiger partial charge in [-0.05, 0) is 11.5 Å². The van der Waals surface area contributed by atoms with Crippen molar-refractivity contribution in [1.29, 1.82) is 0 Å². The van der Waals surface area contributed by atoms with Gasteiger partial charge < -0.3 is 10.9 Å². The second-order valence-corrected chi connectivity index (χ2v) is 3.26. The fraction of sp³-hybridized carbons (Fsp3) is 0.300. The average Bonchev–Trinajstić information content (AvgIpc) is 2.17. The lowest BCUT2D eigenvalue weighted by atomic mass is 10.0. The van der Waals surface area contributed by atoms with Crippen LogP contribution in [0.25, 0.3) is 0 Å². The van der Waals surface area contributed by atoms with E-state index in [-0.39, 0.29) is 18.2 Å². The molecular formula is C10H15ClN2O. The van der Waals surface area contributed by atoms with Crippen molar-refractivity contribution in [2.24, 2.45) is 10.9 Å². The molecule has 0 heterocycles. The zero-order valence-corrected chi connectivity index (χ0v) is 9.08. The van der Waals surface area contributed by atoms with Crippen LogP contribution < -0.4 is 5.73 Å². The lowest BCUT2D eigenvalue weighted by Gasteiger charge is -2.05. The van der Waals surface area contributed by atoms with Gasteiger partial charge in [-0.1, -0.05) is 43.3 Å². The summed E-state index contributed by atoms with van der Waals surface area (Å²) in [7, 11) is 0. The summed E-state index contributed by atoms with van der Waals surface area (Å²) in [5.74, 6) is 0.650. The maximum absolute atomic E-state index is 8.43. The molecule has 0 saturated heterocycles. The van der Waals surface area contributed by atoms with Gasteiger partial charge in [-0.3, -0.25) is 0 Å². The topological polar surface area (TPSA) is 58.6 Å². The highest BCUT2D eigenvalue weighted by Crippen LogP contribution is 2.14. The summed E-state index contributed by atoms with van der Waals surface area (Å²) in [5, 5.41) is 11.4. The molecule has 1 aromatic rings. The number of oxime groups is 1. The van der Waals surface area contributed by atoms with Crippen molar-refractivity contribution in [3.8, 4) is 0 Å². The van der Waals surface area contributed by atoms with Crippen LogP contribution in [0.2, 0.25) is 0 Å². The van der Waals surface area contributed by atoms with Crippen molar-refractivity contribution >= 4 is 18.2 Å². The van der Waals surface area contributed by atoms with Gasteiger partial charge in [-0.15, -0.1) is 12.4 Å². The zero-order valence-electron chi connectivity index (χ0n) is 8.27. The lowest BCUT2D eigenvalue weighted by molar-refractivity contribution is 0.318. The van der Waals surface area contributed by atoms with Crippen molar-refractivity contribution in [2.45, 2.75) is 19.8 Å². The molecule has 0 fully saturated rings. The van der Waals surface area contributed by atoms with Crippen molar-refractivity contribution in [1.82, 2.24) is 0 Å². The summed E-state index contributed by atoms with van der Waals surface area (Å²) < 4.78 is 0. The predicted octanol–water partition coefficient (Wildman–Crippen LogP) is 2.33. The number of halogens is 1. The zero-order chi connectivity index (χ0) is 9.84. The number of nitrogens with zero attached hydrogens (tertiary/aromatic N) is 1. The molecule has 0 unspecified atom stereocenters. The maximum atomic E-state index is 8.43. The van der Waals surface area contributed by atoms with E-state index in [2.05, 4.69) is 19.0 Å². The molecule has 0 saturated carbocycles. The molecule has 0 aromatic heterocycles. The second-order valence-electron chi connectivity index (χ2n) is 3.26. The molecule has 0 aliphatic heterocycles. The van der Waals surface area contributed by atoms with Crippen LogP contribution in [0, 0.1) is 0 Å². The van der Waals surface area contributed by atoms with Crippen LogP contribution in [0.3, 0.4) is 0 Å². The van der Waals surface area contributed by atoms with E-state index < -0.39 is 0 Å². The molecule has 0 amide bonds. The van der Waals surface area contributed by atoms with Gasteiger partial charge >= 0.3 is 0 Å². The van der Waals surface area contributed by atoms with Gasteiger partial charge in [0.2, 0.25) is 0 Å². The summed E-state index contributed by atoms with van der Waals surface area (Å²) in [4.78, 5) is 0. The van der Waals surface area contributed by atoms with E-state index in [0.717, 1.165) is 5.56 Å². The Labute approximate surface area is 90.0 Å². The fourth-order valence-electron chi connectivity index (χ4n) is 1.10. The first-order valence-electron chi connectivity index (χ1n) is 4.23. The summed E-state index contributed by atoms with van der Waals surface area (Å²) in [6.45, 7) is 4.25. The minimum atomic E-state index is 0. The molecule has 3 nitrogen and oxygen atoms in total. The number of benzene rings is 1. The van der Waals surface area contributed by atoms with Gasteiger partial charge in [-0.25, -0.2) is 0 Å². The average molecular weight is 215 g/mol. The Hall–Kier alpha value is -1.22. The van der Waals surface area contributed by atoms with Crippen LogP contribution in [0.1, 0.15) is 30.9 Å². The van der Waals surface area contributed by atoms with E-state index in [1.54, 1.807) is 0 Å². The summed E-state index contributed by atoms with van der Waals surface area (Å²) in [6, 6.07) is 7.67. The largest absolute Gasteiger partial charge is 0.409 e. The van der Waals surface area contributed by atoms with Crippen LogP contribution in [-0.4, -0.2) is 11.0 Å². The van der Waals surface area contributed by atoms with Crippen molar-refractivity contribution < 1.29 is 5.21 Å². The molecule has 14 heavy (non-hydrogen) atoms. The molecule has 0 aliphatic rings. The Morgan fingerprint density at radius 2 is 1.79 bits per heavy atom. The molecule has 1 aromatic carbocycles. The molecule has 78 valence electrons. The van der Waals surface area contributed by atoms with Crippen LogP contribution in [0.4, 0.5) is 0 Å². The Bertz CT molecular complexity index is 306. The van der Waals surface area contributed by atoms with E-state index in [1.807, 2.05) is 24.3 Å². The van der Waals surface area contributed by atoms with Crippen molar-refractivity contribution in [2.75, 3.05) is 0 Å². The van der Waals surface area contributed by atoms with Gasteiger partial charge in [0.15, 0.2) is 5.84 Å². The minimum Gasteiger partial charge on any atom is -0.409 e. The smallest absolute Gasteiger partial charge is 0.170 e. The van der Waals surface area contributed by atoms with Gasteiger partial charge in [-0.2, -0.15) is 0 Å². The van der Waals surface area contributed by atoms with Crippen molar-refractivity contribution in [3.05, 3.63) is 35.4 Å². The van der Waals surface area contributed by atoms with Crippen molar-refractivity contribution in [3.63, 3.8) is 0 Å². The molecule has 1 rings (SSSR count). The highest BCUT2D eigenvalue weighted by molar-refractivity contribution is 5.96. The molecule has 4 heteroatoms. The first kappa shape index (κ1) is 12.8. The van der Waals surface area contributed by atoms with Gasteiger partial charge in [0, 0.05) is 5.56 Å². The molecule has 0 bridgehead atoms. The van der Waals surface area contributed by atoms with E-state index in [0.29, 0.717) is 5.92 Å². The number of nitrogens with two attached hydrogens (primary N) is 1. The normalized spacial score (nSPS) is 11.2. The number of amidine groups is 1. The number of hydrogen-bond acceptors (Lipinski definition) is 2. The van der Waals surface area contributed by atoms with Gasteiger partial charge in [0.1, 0.15) is 0 Å². The summed E-state index contributed by atoms with van der Waals surface area (Å²) in [6.07, 6.45) is 0. The summed E-state index contributed by atoms with van der Waals surface area (Å²) >= 11 is 0. The third-order valence-electron chi connectivity index (χ3n) is 1.98. The Morgan fingerprint density at radius 1 is 1.29 bits per heavy atom. The predicted molar refractivity (Wildman–Crippen MR) is 60.3 cm³/mol. The highest BCUT2D eigenvalue weighted by atomic mass is 35.5. The first-order chi connectivity index (χ1) is 6.15. The Kier molecular flexibility index (Phi) is 5.02. The van der Waals surface area contributed by atoms with Crippen LogP contribution >= 0.6 is 12.4 Å². The Morgan fingerprint density at radius 3 is 2.14 bits per heavy atom. The molecule has 0 spiro atoms. The van der Waals surface area contributed by atoms with Gasteiger partial charge in [0.05, 0.1) is 0 Å². The van der Waals surface area contributed by atoms with Crippen LogP contribution in [-0.2, 0) is 0 Å².